The Morgan fingerprint density at radius 1 is 1.08 bits per heavy atom. The van der Waals surface area contributed by atoms with Gasteiger partial charge in [-0.3, -0.25) is 9.59 Å². The zero-order chi connectivity index (χ0) is 17.5. The number of carbonyl (C=O) groups is 2. The number of hydrogen-bond donors (Lipinski definition) is 2. The summed E-state index contributed by atoms with van der Waals surface area (Å²) < 4.78 is 10.4. The van der Waals surface area contributed by atoms with Crippen molar-refractivity contribution >= 4 is 29.3 Å². The SMILES string of the molecule is COc1cc(NC(=O)c2ccccc2SCC(N)=O)cc(OC)c1. The molecule has 2 amide bonds. The molecule has 0 aliphatic rings. The Balaban J connectivity index is 2.22. The van der Waals surface area contributed by atoms with E-state index in [0.717, 1.165) is 0 Å². The topological polar surface area (TPSA) is 90.6 Å². The van der Waals surface area contributed by atoms with Crippen LogP contribution in [0.2, 0.25) is 0 Å². The van der Waals surface area contributed by atoms with Crippen molar-refractivity contribution in [2.75, 3.05) is 25.3 Å². The molecule has 3 N–H and O–H groups in total. The number of anilines is 1. The summed E-state index contributed by atoms with van der Waals surface area (Å²) >= 11 is 1.22. The number of amides is 2. The summed E-state index contributed by atoms with van der Waals surface area (Å²) in [6.45, 7) is 0. The fourth-order valence-electron chi connectivity index (χ4n) is 2.01. The molecular weight excluding hydrogens is 328 g/mol. The van der Waals surface area contributed by atoms with E-state index in [1.807, 2.05) is 0 Å². The van der Waals surface area contributed by atoms with Crippen molar-refractivity contribution in [3.05, 3.63) is 48.0 Å². The van der Waals surface area contributed by atoms with Crippen LogP contribution in [-0.2, 0) is 4.79 Å². The minimum atomic E-state index is -0.437. The van der Waals surface area contributed by atoms with Crippen LogP contribution in [0.3, 0.4) is 0 Å². The summed E-state index contributed by atoms with van der Waals surface area (Å²) in [5.74, 6) is 0.518. The average molecular weight is 346 g/mol. The lowest BCUT2D eigenvalue weighted by Gasteiger charge is -2.11. The highest BCUT2D eigenvalue weighted by molar-refractivity contribution is 8.00. The summed E-state index contributed by atoms with van der Waals surface area (Å²) in [6.07, 6.45) is 0. The molecule has 0 aliphatic carbocycles. The normalized spacial score (nSPS) is 10.1. The zero-order valence-electron chi connectivity index (χ0n) is 13.4. The van der Waals surface area contributed by atoms with E-state index in [-0.39, 0.29) is 11.7 Å². The molecule has 126 valence electrons. The smallest absolute Gasteiger partial charge is 0.256 e. The molecule has 0 radical (unpaired) electrons. The van der Waals surface area contributed by atoms with Gasteiger partial charge in [0.05, 0.1) is 25.5 Å². The predicted molar refractivity (Wildman–Crippen MR) is 93.9 cm³/mol. The van der Waals surface area contributed by atoms with Crippen LogP contribution in [0.25, 0.3) is 0 Å². The third-order valence-electron chi connectivity index (χ3n) is 3.11. The van der Waals surface area contributed by atoms with E-state index in [0.29, 0.717) is 27.6 Å². The van der Waals surface area contributed by atoms with E-state index in [9.17, 15) is 9.59 Å². The highest BCUT2D eigenvalue weighted by Crippen LogP contribution is 2.27. The number of ether oxygens (including phenoxy) is 2. The first-order valence-corrected chi connectivity index (χ1v) is 8.06. The highest BCUT2D eigenvalue weighted by Gasteiger charge is 2.13. The first-order chi connectivity index (χ1) is 11.5. The van der Waals surface area contributed by atoms with Crippen LogP contribution in [0.5, 0.6) is 11.5 Å². The van der Waals surface area contributed by atoms with Gasteiger partial charge in [-0.15, -0.1) is 11.8 Å². The molecule has 24 heavy (non-hydrogen) atoms. The van der Waals surface area contributed by atoms with Crippen molar-refractivity contribution in [1.29, 1.82) is 0 Å². The zero-order valence-corrected chi connectivity index (χ0v) is 14.2. The van der Waals surface area contributed by atoms with E-state index >= 15 is 0 Å². The Labute approximate surface area is 144 Å². The lowest BCUT2D eigenvalue weighted by atomic mass is 10.2. The number of hydrogen-bond acceptors (Lipinski definition) is 5. The van der Waals surface area contributed by atoms with Crippen LogP contribution in [-0.4, -0.2) is 31.8 Å². The van der Waals surface area contributed by atoms with Gasteiger partial charge in [-0.25, -0.2) is 0 Å². The van der Waals surface area contributed by atoms with Crippen molar-refractivity contribution < 1.29 is 19.1 Å². The fourth-order valence-corrected chi connectivity index (χ4v) is 2.80. The molecule has 0 heterocycles. The molecular formula is C17H18N2O4S. The van der Waals surface area contributed by atoms with E-state index in [4.69, 9.17) is 15.2 Å². The third-order valence-corrected chi connectivity index (χ3v) is 4.21. The molecule has 2 rings (SSSR count). The van der Waals surface area contributed by atoms with Crippen molar-refractivity contribution in [3.8, 4) is 11.5 Å². The monoisotopic (exact) mass is 346 g/mol. The molecule has 0 fully saturated rings. The Bertz CT molecular complexity index is 727. The number of primary amides is 1. The second-order valence-electron chi connectivity index (χ2n) is 4.81. The average Bonchev–Trinajstić information content (AvgIpc) is 2.59. The van der Waals surface area contributed by atoms with E-state index in [1.165, 1.54) is 26.0 Å². The summed E-state index contributed by atoms with van der Waals surface area (Å²) in [4.78, 5) is 24.2. The molecule has 0 bridgehead atoms. The number of methoxy groups -OCH3 is 2. The van der Waals surface area contributed by atoms with Crippen molar-refractivity contribution in [2.45, 2.75) is 4.90 Å². The fraction of sp³-hybridized carbons (Fsp3) is 0.176. The maximum atomic E-state index is 12.6. The second-order valence-corrected chi connectivity index (χ2v) is 5.82. The molecule has 0 aromatic heterocycles. The van der Waals surface area contributed by atoms with Gasteiger partial charge in [0.2, 0.25) is 5.91 Å². The van der Waals surface area contributed by atoms with Gasteiger partial charge < -0.3 is 20.5 Å². The number of nitrogens with one attached hydrogen (secondary N) is 1. The third kappa shape index (κ3) is 4.66. The Kier molecular flexibility index (Phi) is 6.08. The number of carbonyl (C=O) groups excluding carboxylic acids is 2. The summed E-state index contributed by atoms with van der Waals surface area (Å²) in [5, 5.41) is 2.81. The number of rotatable bonds is 7. The second kappa shape index (κ2) is 8.26. The van der Waals surface area contributed by atoms with Gasteiger partial charge in [-0.2, -0.15) is 0 Å². The van der Waals surface area contributed by atoms with Crippen molar-refractivity contribution in [1.82, 2.24) is 0 Å². The first-order valence-electron chi connectivity index (χ1n) is 7.08. The van der Waals surface area contributed by atoms with Crippen LogP contribution in [0.4, 0.5) is 5.69 Å². The van der Waals surface area contributed by atoms with Gasteiger partial charge in [-0.05, 0) is 12.1 Å². The predicted octanol–water partition coefficient (Wildman–Crippen LogP) is 2.53. The standard InChI is InChI=1S/C17H18N2O4S/c1-22-12-7-11(8-13(9-12)23-2)19-17(21)14-5-3-4-6-15(14)24-10-16(18)20/h3-9H,10H2,1-2H3,(H2,18,20)(H,19,21). The molecule has 0 spiro atoms. The molecule has 2 aromatic carbocycles. The molecule has 6 nitrogen and oxygen atoms in total. The van der Waals surface area contributed by atoms with Crippen LogP contribution >= 0.6 is 11.8 Å². The lowest BCUT2D eigenvalue weighted by Crippen LogP contribution is -2.15. The highest BCUT2D eigenvalue weighted by atomic mass is 32.2. The van der Waals surface area contributed by atoms with Gasteiger partial charge in [0.25, 0.3) is 5.91 Å². The molecule has 2 aromatic rings. The maximum absolute atomic E-state index is 12.6. The Morgan fingerprint density at radius 3 is 2.29 bits per heavy atom. The summed E-state index contributed by atoms with van der Waals surface area (Å²) in [7, 11) is 3.08. The Hall–Kier alpha value is -2.67. The van der Waals surface area contributed by atoms with Crippen LogP contribution in [0.15, 0.2) is 47.4 Å². The van der Waals surface area contributed by atoms with E-state index in [2.05, 4.69) is 5.32 Å². The van der Waals surface area contributed by atoms with Crippen molar-refractivity contribution in [3.63, 3.8) is 0 Å². The van der Waals surface area contributed by atoms with Gasteiger partial charge in [0.15, 0.2) is 0 Å². The largest absolute Gasteiger partial charge is 0.497 e. The molecule has 0 unspecified atom stereocenters. The molecule has 0 saturated carbocycles. The van der Waals surface area contributed by atoms with Gasteiger partial charge in [0, 0.05) is 28.8 Å². The van der Waals surface area contributed by atoms with Crippen LogP contribution < -0.4 is 20.5 Å². The maximum Gasteiger partial charge on any atom is 0.256 e. The Morgan fingerprint density at radius 2 is 1.71 bits per heavy atom. The summed E-state index contributed by atoms with van der Waals surface area (Å²) in [6, 6.07) is 12.1. The van der Waals surface area contributed by atoms with Crippen LogP contribution in [0.1, 0.15) is 10.4 Å². The van der Waals surface area contributed by atoms with Gasteiger partial charge in [-0.1, -0.05) is 12.1 Å². The number of benzene rings is 2. The number of nitrogens with two attached hydrogens (primary N) is 1. The minimum absolute atomic E-state index is 0.108. The summed E-state index contributed by atoms with van der Waals surface area (Å²) in [5.41, 5.74) is 6.18. The first kappa shape index (κ1) is 17.7. The van der Waals surface area contributed by atoms with Gasteiger partial charge >= 0.3 is 0 Å². The minimum Gasteiger partial charge on any atom is -0.497 e. The van der Waals surface area contributed by atoms with Crippen LogP contribution in [0, 0.1) is 0 Å². The molecule has 0 saturated heterocycles. The van der Waals surface area contributed by atoms with E-state index < -0.39 is 5.91 Å². The molecule has 7 heteroatoms. The van der Waals surface area contributed by atoms with Crippen molar-refractivity contribution in [2.24, 2.45) is 5.73 Å². The lowest BCUT2D eigenvalue weighted by molar-refractivity contribution is -0.115. The quantitative estimate of drug-likeness (QED) is 0.752. The van der Waals surface area contributed by atoms with Gasteiger partial charge in [0.1, 0.15) is 11.5 Å². The number of thioether (sulfide) groups is 1. The molecule has 0 atom stereocenters. The molecule has 0 aliphatic heterocycles. The van der Waals surface area contributed by atoms with E-state index in [1.54, 1.807) is 42.5 Å².